The fourth-order valence-electron chi connectivity index (χ4n) is 2.04. The first-order valence-electron chi connectivity index (χ1n) is 6.24. The van der Waals surface area contributed by atoms with E-state index >= 15 is 0 Å². The molecule has 0 unspecified atom stereocenters. The molecule has 3 aromatic rings. The van der Waals surface area contributed by atoms with Gasteiger partial charge in [-0.3, -0.25) is 4.40 Å². The fourth-order valence-corrected chi connectivity index (χ4v) is 3.00. The molecule has 3 rings (SSSR count). The van der Waals surface area contributed by atoms with Crippen LogP contribution in [0.3, 0.4) is 0 Å². The van der Waals surface area contributed by atoms with Crippen LogP contribution in [0, 0.1) is 0 Å². The molecule has 2 aromatic heterocycles. The number of aromatic nitrogens is 2. The Kier molecular flexibility index (Phi) is 3.91. The number of para-hydroxylation sites is 1. The van der Waals surface area contributed by atoms with E-state index in [2.05, 4.69) is 10.3 Å². The van der Waals surface area contributed by atoms with Crippen LogP contribution in [-0.4, -0.2) is 16.4 Å². The largest absolute Gasteiger partial charge is 0.485 e. The molecule has 0 bridgehead atoms. The number of rotatable bonds is 5. The Morgan fingerprint density at radius 1 is 1.45 bits per heavy atom. The van der Waals surface area contributed by atoms with Crippen molar-refractivity contribution in [3.63, 3.8) is 0 Å². The number of fused-ring (bicyclic) bond motifs is 1. The number of imidazole rings is 1. The third-order valence-electron chi connectivity index (χ3n) is 2.92. The molecule has 0 spiro atoms. The number of nitrogens with zero attached hydrogens (tertiary/aromatic N) is 2. The molecule has 6 heteroatoms. The van der Waals surface area contributed by atoms with Gasteiger partial charge < -0.3 is 10.1 Å². The van der Waals surface area contributed by atoms with Gasteiger partial charge in [-0.25, -0.2) is 4.98 Å². The molecule has 0 aliphatic heterocycles. The summed E-state index contributed by atoms with van der Waals surface area (Å²) in [6.07, 6.45) is 3.96. The summed E-state index contributed by atoms with van der Waals surface area (Å²) in [5.41, 5.74) is 1.94. The summed E-state index contributed by atoms with van der Waals surface area (Å²) in [7, 11) is 1.90. The number of benzene rings is 1. The molecule has 0 atom stereocenters. The summed E-state index contributed by atoms with van der Waals surface area (Å²) >= 11 is 7.82. The highest BCUT2D eigenvalue weighted by molar-refractivity contribution is 7.15. The zero-order valence-electron chi connectivity index (χ0n) is 11.0. The van der Waals surface area contributed by atoms with Gasteiger partial charge in [0.1, 0.15) is 12.4 Å². The molecule has 0 aliphatic carbocycles. The molecule has 0 fully saturated rings. The van der Waals surface area contributed by atoms with Crippen molar-refractivity contribution in [3.05, 3.63) is 52.3 Å². The fraction of sp³-hybridized carbons (Fsp3) is 0.214. The lowest BCUT2D eigenvalue weighted by Gasteiger charge is -2.12. The van der Waals surface area contributed by atoms with Crippen LogP contribution >= 0.6 is 22.9 Å². The minimum Gasteiger partial charge on any atom is -0.485 e. The van der Waals surface area contributed by atoms with Crippen molar-refractivity contribution in [2.45, 2.75) is 13.2 Å². The zero-order chi connectivity index (χ0) is 13.9. The quantitative estimate of drug-likeness (QED) is 0.785. The van der Waals surface area contributed by atoms with Crippen LogP contribution in [0.4, 0.5) is 0 Å². The minimum absolute atomic E-state index is 0.412. The highest BCUT2D eigenvalue weighted by Crippen LogP contribution is 2.29. The molecule has 20 heavy (non-hydrogen) atoms. The van der Waals surface area contributed by atoms with Crippen LogP contribution in [0.5, 0.6) is 5.75 Å². The van der Waals surface area contributed by atoms with E-state index in [4.69, 9.17) is 16.3 Å². The number of halogens is 1. The van der Waals surface area contributed by atoms with Crippen molar-refractivity contribution >= 4 is 27.9 Å². The Morgan fingerprint density at radius 2 is 2.35 bits per heavy atom. The van der Waals surface area contributed by atoms with Crippen molar-refractivity contribution in [2.24, 2.45) is 0 Å². The average molecular weight is 308 g/mol. The van der Waals surface area contributed by atoms with Gasteiger partial charge >= 0.3 is 0 Å². The standard InChI is InChI=1S/C14H14ClN3OS/c1-16-7-10-3-2-4-12(15)13(10)19-9-11-8-18-5-6-20-14(18)17-11/h2-6,8,16H,7,9H2,1H3. The predicted molar refractivity (Wildman–Crippen MR) is 81.6 cm³/mol. The van der Waals surface area contributed by atoms with Crippen molar-refractivity contribution in [3.8, 4) is 5.75 Å². The summed E-state index contributed by atoms with van der Waals surface area (Å²) in [5, 5.41) is 5.74. The van der Waals surface area contributed by atoms with Gasteiger partial charge in [0.05, 0.1) is 10.7 Å². The van der Waals surface area contributed by atoms with E-state index in [1.807, 2.05) is 47.4 Å². The number of thiazole rings is 1. The topological polar surface area (TPSA) is 38.6 Å². The number of hydrogen-bond acceptors (Lipinski definition) is 4. The molecular formula is C14H14ClN3OS. The van der Waals surface area contributed by atoms with Gasteiger partial charge in [0, 0.05) is 29.9 Å². The summed E-state index contributed by atoms with van der Waals surface area (Å²) in [5.74, 6) is 0.722. The van der Waals surface area contributed by atoms with Gasteiger partial charge in [-0.1, -0.05) is 23.7 Å². The average Bonchev–Trinajstić information content (AvgIpc) is 2.99. The summed E-state index contributed by atoms with van der Waals surface area (Å²) in [4.78, 5) is 5.46. The van der Waals surface area contributed by atoms with E-state index in [0.717, 1.165) is 22.0 Å². The Hall–Kier alpha value is -1.56. The lowest BCUT2D eigenvalue weighted by Crippen LogP contribution is -2.08. The molecule has 0 aliphatic rings. The Labute approximate surface area is 126 Å². The third-order valence-corrected chi connectivity index (χ3v) is 3.99. The molecule has 0 radical (unpaired) electrons. The maximum atomic E-state index is 6.21. The van der Waals surface area contributed by atoms with Crippen LogP contribution in [-0.2, 0) is 13.2 Å². The summed E-state index contributed by atoms with van der Waals surface area (Å²) in [6, 6.07) is 5.76. The lowest BCUT2D eigenvalue weighted by molar-refractivity contribution is 0.298. The molecule has 0 saturated carbocycles. The Bertz CT molecular complexity index is 694. The molecule has 0 saturated heterocycles. The van der Waals surface area contributed by atoms with Crippen molar-refractivity contribution < 1.29 is 4.74 Å². The molecular weight excluding hydrogens is 294 g/mol. The highest BCUT2D eigenvalue weighted by atomic mass is 35.5. The van der Waals surface area contributed by atoms with Gasteiger partial charge in [0.2, 0.25) is 0 Å². The van der Waals surface area contributed by atoms with E-state index < -0.39 is 0 Å². The highest BCUT2D eigenvalue weighted by Gasteiger charge is 2.09. The van der Waals surface area contributed by atoms with Crippen LogP contribution in [0.25, 0.3) is 4.96 Å². The van der Waals surface area contributed by atoms with Crippen molar-refractivity contribution in [1.82, 2.24) is 14.7 Å². The molecule has 0 amide bonds. The lowest BCUT2D eigenvalue weighted by atomic mass is 10.2. The zero-order valence-corrected chi connectivity index (χ0v) is 12.5. The van der Waals surface area contributed by atoms with Gasteiger partial charge in [-0.15, -0.1) is 11.3 Å². The van der Waals surface area contributed by atoms with E-state index in [1.165, 1.54) is 0 Å². The molecule has 104 valence electrons. The normalized spacial score (nSPS) is 11.1. The van der Waals surface area contributed by atoms with Crippen LogP contribution in [0.15, 0.2) is 36.0 Å². The van der Waals surface area contributed by atoms with Gasteiger partial charge in [0.25, 0.3) is 0 Å². The van der Waals surface area contributed by atoms with E-state index in [0.29, 0.717) is 18.2 Å². The SMILES string of the molecule is CNCc1cccc(Cl)c1OCc1cn2ccsc2n1. The monoisotopic (exact) mass is 307 g/mol. The third kappa shape index (κ3) is 2.65. The Balaban J connectivity index is 1.79. The second kappa shape index (κ2) is 5.83. The minimum atomic E-state index is 0.412. The van der Waals surface area contributed by atoms with Crippen LogP contribution < -0.4 is 10.1 Å². The predicted octanol–water partition coefficient (Wildman–Crippen LogP) is 3.35. The van der Waals surface area contributed by atoms with Crippen molar-refractivity contribution in [1.29, 1.82) is 0 Å². The first kappa shape index (κ1) is 13.4. The number of nitrogens with one attached hydrogen (secondary N) is 1. The smallest absolute Gasteiger partial charge is 0.193 e. The second-order valence-corrected chi connectivity index (χ2v) is 5.65. The molecule has 4 nitrogen and oxygen atoms in total. The van der Waals surface area contributed by atoms with Gasteiger partial charge in [-0.2, -0.15) is 0 Å². The van der Waals surface area contributed by atoms with Crippen LogP contribution in [0.1, 0.15) is 11.3 Å². The Morgan fingerprint density at radius 3 is 3.15 bits per heavy atom. The maximum absolute atomic E-state index is 6.21. The number of ether oxygens (including phenoxy) is 1. The molecule has 1 aromatic carbocycles. The summed E-state index contributed by atoms with van der Waals surface area (Å²) < 4.78 is 7.85. The summed E-state index contributed by atoms with van der Waals surface area (Å²) in [6.45, 7) is 1.13. The number of hydrogen-bond donors (Lipinski definition) is 1. The maximum Gasteiger partial charge on any atom is 0.193 e. The van der Waals surface area contributed by atoms with Gasteiger partial charge in [-0.05, 0) is 13.1 Å². The molecule has 1 N–H and O–H groups in total. The van der Waals surface area contributed by atoms with E-state index in [9.17, 15) is 0 Å². The second-order valence-electron chi connectivity index (χ2n) is 4.37. The van der Waals surface area contributed by atoms with Crippen molar-refractivity contribution in [2.75, 3.05) is 7.05 Å². The first-order chi connectivity index (χ1) is 9.78. The molecule has 2 heterocycles. The van der Waals surface area contributed by atoms with Crippen LogP contribution in [0.2, 0.25) is 5.02 Å². The van der Waals surface area contributed by atoms with E-state index in [-0.39, 0.29) is 0 Å². The first-order valence-corrected chi connectivity index (χ1v) is 7.49. The van der Waals surface area contributed by atoms with E-state index in [1.54, 1.807) is 11.3 Å². The van der Waals surface area contributed by atoms with Gasteiger partial charge in [0.15, 0.2) is 4.96 Å².